The predicted molar refractivity (Wildman–Crippen MR) is 115 cm³/mol. The molecule has 1 heterocycles. The maximum absolute atomic E-state index is 11.3. The van der Waals surface area contributed by atoms with Crippen LogP contribution in [0, 0.1) is 20.8 Å². The minimum absolute atomic E-state index is 0.340. The third kappa shape index (κ3) is 4.64. The number of benzene rings is 2. The van der Waals surface area contributed by atoms with Crippen molar-refractivity contribution in [1.29, 1.82) is 0 Å². The van der Waals surface area contributed by atoms with Crippen molar-refractivity contribution in [2.45, 2.75) is 59.2 Å². The fourth-order valence-electron chi connectivity index (χ4n) is 3.84. The fraction of sp³-hybridized carbons (Fsp3) is 0.400. The van der Waals surface area contributed by atoms with Crippen LogP contribution in [0.25, 0.3) is 0 Å². The number of hydrogen-bond donors (Lipinski definition) is 0. The van der Waals surface area contributed by atoms with Gasteiger partial charge in [-0.15, -0.1) is 0 Å². The van der Waals surface area contributed by atoms with Gasteiger partial charge in [-0.3, -0.25) is 0 Å². The molecule has 4 heteroatoms. The van der Waals surface area contributed by atoms with E-state index < -0.39 is 0 Å². The van der Waals surface area contributed by atoms with Gasteiger partial charge in [0.05, 0.1) is 7.11 Å². The highest BCUT2D eigenvalue weighted by molar-refractivity contribution is 5.81. The van der Waals surface area contributed by atoms with Gasteiger partial charge in [-0.05, 0) is 62.8 Å². The second-order valence-corrected chi connectivity index (χ2v) is 7.97. The van der Waals surface area contributed by atoms with Gasteiger partial charge in [0.2, 0.25) is 0 Å². The number of esters is 1. The summed E-state index contributed by atoms with van der Waals surface area (Å²) in [5.74, 6) is 1.59. The second-order valence-electron chi connectivity index (χ2n) is 7.97. The Balaban J connectivity index is 1.82. The molecular formula is C25H30O4. The minimum Gasteiger partial charge on any atom is -0.488 e. The Hall–Kier alpha value is -2.75. The molecule has 154 valence electrons. The Bertz CT molecular complexity index is 914. The first-order valence-corrected chi connectivity index (χ1v) is 10.1. The van der Waals surface area contributed by atoms with Gasteiger partial charge in [0.25, 0.3) is 0 Å². The lowest BCUT2D eigenvalue weighted by Crippen LogP contribution is -2.36. The van der Waals surface area contributed by atoms with Crippen LogP contribution in [-0.2, 0) is 22.6 Å². The van der Waals surface area contributed by atoms with Crippen LogP contribution in [0.15, 0.2) is 42.5 Å². The Kier molecular flexibility index (Phi) is 6.31. The van der Waals surface area contributed by atoms with E-state index in [4.69, 9.17) is 9.47 Å². The van der Waals surface area contributed by atoms with Crippen LogP contribution >= 0.6 is 0 Å². The molecule has 3 rings (SSSR count). The Morgan fingerprint density at radius 1 is 1.14 bits per heavy atom. The summed E-state index contributed by atoms with van der Waals surface area (Å²) in [6.45, 7) is 8.96. The standard InChI is InChI=1S/C25H30O4/c1-17-18(2)24-21(13-15-25(4,29-24)14-9-12-22(26)27-5)19(3)23(17)28-16-20-10-7-6-8-11-20/h6-12H,13-16H2,1-5H3/b12-9+/t25-/m1/s1. The summed E-state index contributed by atoms with van der Waals surface area (Å²) in [7, 11) is 1.38. The maximum atomic E-state index is 11.3. The summed E-state index contributed by atoms with van der Waals surface area (Å²) >= 11 is 0. The van der Waals surface area contributed by atoms with Crippen LogP contribution in [0.3, 0.4) is 0 Å². The Morgan fingerprint density at radius 3 is 2.55 bits per heavy atom. The average Bonchev–Trinajstić information content (AvgIpc) is 2.72. The lowest BCUT2D eigenvalue weighted by molar-refractivity contribution is -0.134. The van der Waals surface area contributed by atoms with Crippen molar-refractivity contribution in [3.8, 4) is 11.5 Å². The van der Waals surface area contributed by atoms with Crippen molar-refractivity contribution in [2.75, 3.05) is 7.11 Å². The highest BCUT2D eigenvalue weighted by Gasteiger charge is 2.34. The fourth-order valence-corrected chi connectivity index (χ4v) is 3.84. The van der Waals surface area contributed by atoms with Gasteiger partial charge in [-0.1, -0.05) is 36.4 Å². The third-order valence-electron chi connectivity index (χ3n) is 5.79. The molecule has 0 aromatic heterocycles. The normalized spacial score (nSPS) is 18.2. The average molecular weight is 395 g/mol. The van der Waals surface area contributed by atoms with Crippen LogP contribution in [-0.4, -0.2) is 18.7 Å². The molecule has 0 saturated carbocycles. The third-order valence-corrected chi connectivity index (χ3v) is 5.79. The van der Waals surface area contributed by atoms with Crippen LogP contribution in [0.5, 0.6) is 11.5 Å². The zero-order valence-electron chi connectivity index (χ0n) is 18.0. The van der Waals surface area contributed by atoms with E-state index in [1.807, 2.05) is 24.3 Å². The molecule has 0 amide bonds. The van der Waals surface area contributed by atoms with Gasteiger partial charge in [0, 0.05) is 18.1 Å². The van der Waals surface area contributed by atoms with Crippen molar-refractivity contribution in [3.63, 3.8) is 0 Å². The first-order valence-electron chi connectivity index (χ1n) is 10.1. The number of carbonyl (C=O) groups is 1. The molecule has 0 fully saturated rings. The van der Waals surface area contributed by atoms with Crippen LogP contribution in [0.1, 0.15) is 47.6 Å². The van der Waals surface area contributed by atoms with Gasteiger partial charge < -0.3 is 14.2 Å². The molecular weight excluding hydrogens is 364 g/mol. The highest BCUT2D eigenvalue weighted by atomic mass is 16.5. The van der Waals surface area contributed by atoms with E-state index in [2.05, 4.69) is 44.6 Å². The highest BCUT2D eigenvalue weighted by Crippen LogP contribution is 2.44. The van der Waals surface area contributed by atoms with E-state index in [-0.39, 0.29) is 11.6 Å². The lowest BCUT2D eigenvalue weighted by Gasteiger charge is -2.37. The van der Waals surface area contributed by atoms with Crippen molar-refractivity contribution in [2.24, 2.45) is 0 Å². The molecule has 2 aromatic rings. The SMILES string of the molecule is COC(=O)/C=C/C[C@]1(C)CCc2c(C)c(OCc3ccccc3)c(C)c(C)c2O1. The number of carbonyl (C=O) groups excluding carboxylic acids is 1. The number of rotatable bonds is 6. The zero-order valence-corrected chi connectivity index (χ0v) is 18.0. The van der Waals surface area contributed by atoms with Gasteiger partial charge in [-0.2, -0.15) is 0 Å². The van der Waals surface area contributed by atoms with Gasteiger partial charge in [0.1, 0.15) is 23.7 Å². The topological polar surface area (TPSA) is 44.8 Å². The molecule has 0 unspecified atom stereocenters. The molecule has 0 bridgehead atoms. The summed E-state index contributed by atoms with van der Waals surface area (Å²) in [5.41, 5.74) is 5.44. The molecule has 1 aliphatic heterocycles. The molecule has 0 radical (unpaired) electrons. The van der Waals surface area contributed by atoms with Crippen molar-refractivity contribution >= 4 is 5.97 Å². The number of hydrogen-bond acceptors (Lipinski definition) is 4. The van der Waals surface area contributed by atoms with Crippen molar-refractivity contribution in [3.05, 3.63) is 70.3 Å². The van der Waals surface area contributed by atoms with E-state index in [1.165, 1.54) is 18.7 Å². The van der Waals surface area contributed by atoms with Gasteiger partial charge >= 0.3 is 5.97 Å². The molecule has 4 nitrogen and oxygen atoms in total. The maximum Gasteiger partial charge on any atom is 0.330 e. The van der Waals surface area contributed by atoms with Crippen LogP contribution < -0.4 is 9.47 Å². The van der Waals surface area contributed by atoms with Crippen LogP contribution in [0.2, 0.25) is 0 Å². The minimum atomic E-state index is -0.340. The molecule has 0 spiro atoms. The molecule has 0 saturated heterocycles. The van der Waals surface area contributed by atoms with E-state index in [9.17, 15) is 4.79 Å². The second kappa shape index (κ2) is 8.73. The smallest absolute Gasteiger partial charge is 0.330 e. The largest absolute Gasteiger partial charge is 0.488 e. The first-order chi connectivity index (χ1) is 13.8. The van der Waals surface area contributed by atoms with Crippen molar-refractivity contribution < 1.29 is 19.0 Å². The molecule has 29 heavy (non-hydrogen) atoms. The zero-order chi connectivity index (χ0) is 21.0. The predicted octanol–water partition coefficient (Wildman–Crippen LogP) is 5.39. The summed E-state index contributed by atoms with van der Waals surface area (Å²) in [5, 5.41) is 0. The Labute approximate surface area is 173 Å². The number of methoxy groups -OCH3 is 1. The van der Waals surface area contributed by atoms with E-state index in [0.717, 1.165) is 46.6 Å². The lowest BCUT2D eigenvalue weighted by atomic mass is 9.85. The van der Waals surface area contributed by atoms with E-state index in [1.54, 1.807) is 0 Å². The molecule has 0 N–H and O–H groups in total. The Morgan fingerprint density at radius 2 is 1.86 bits per heavy atom. The van der Waals surface area contributed by atoms with E-state index in [0.29, 0.717) is 13.0 Å². The first kappa shape index (κ1) is 21.0. The molecule has 2 aromatic carbocycles. The number of ether oxygens (including phenoxy) is 3. The molecule has 1 aliphatic rings. The van der Waals surface area contributed by atoms with E-state index >= 15 is 0 Å². The summed E-state index contributed by atoms with van der Waals surface area (Å²) < 4.78 is 17.4. The van der Waals surface area contributed by atoms with Gasteiger partial charge in [-0.25, -0.2) is 4.79 Å². The monoisotopic (exact) mass is 394 g/mol. The molecule has 1 atom stereocenters. The summed E-state index contributed by atoms with van der Waals surface area (Å²) in [6.07, 6.45) is 5.77. The quantitative estimate of drug-likeness (QED) is 0.486. The van der Waals surface area contributed by atoms with Crippen LogP contribution in [0.4, 0.5) is 0 Å². The summed E-state index contributed by atoms with van der Waals surface area (Å²) in [4.78, 5) is 11.3. The molecule has 0 aliphatic carbocycles. The summed E-state index contributed by atoms with van der Waals surface area (Å²) in [6, 6.07) is 10.2. The van der Waals surface area contributed by atoms with Crippen molar-refractivity contribution in [1.82, 2.24) is 0 Å². The van der Waals surface area contributed by atoms with Gasteiger partial charge in [0.15, 0.2) is 0 Å². The number of fused-ring (bicyclic) bond motifs is 1.